The number of aliphatic hydroxyl groups excluding tert-OH is 2. The van der Waals surface area contributed by atoms with Crippen LogP contribution < -0.4 is 11.1 Å². The average Bonchev–Trinajstić information content (AvgIpc) is 1.62. The largest absolute Gasteiger partial charge is 0.481 e. The maximum absolute atomic E-state index is 12.2. The number of nitrogens with one attached hydrogen (secondary N) is 5. The number of aromatic nitrogens is 8. The molecular formula is C74H86N10O14. The van der Waals surface area contributed by atoms with E-state index >= 15 is 0 Å². The number of H-pyrrole nitrogens is 4. The molecule has 0 saturated heterocycles. The molecule has 516 valence electrons. The molecule has 10 heterocycles. The number of hydrogen-bond donors (Lipinski definition) is 13. The fraction of sp³-hybridized carbons (Fsp3) is 0.378. The van der Waals surface area contributed by atoms with Crippen LogP contribution in [0.15, 0.2) is 48.5 Å². The maximum Gasteiger partial charge on any atom is 0.320 e. The number of carbonyl (C=O) groups is 6. The number of ether oxygens (including phenoxy) is 1. The molecule has 24 nitrogen and oxygen atoms in total. The van der Waals surface area contributed by atoms with Crippen LogP contribution in [0.3, 0.4) is 0 Å². The number of carbonyl (C=O) groups excluding carboxylic acids is 1. The van der Waals surface area contributed by atoms with Crippen LogP contribution in [0.25, 0.3) is 88.7 Å². The lowest BCUT2D eigenvalue weighted by Crippen LogP contribution is -2.31. The maximum atomic E-state index is 12.2. The molecule has 0 saturated carbocycles. The van der Waals surface area contributed by atoms with Gasteiger partial charge in [-0.25, -0.2) is 19.9 Å². The molecule has 14 N–H and O–H groups in total. The summed E-state index contributed by atoms with van der Waals surface area (Å²) < 4.78 is 7.28. The predicted octanol–water partition coefficient (Wildman–Crippen LogP) is 12.7. The van der Waals surface area contributed by atoms with Gasteiger partial charge in [-0.1, -0.05) is 0 Å². The molecule has 24 heteroatoms. The van der Waals surface area contributed by atoms with Gasteiger partial charge < -0.3 is 71.5 Å². The second kappa shape index (κ2) is 29.7. The Morgan fingerprint density at radius 1 is 0.429 bits per heavy atom. The Kier molecular flexibility index (Phi) is 21.9. The van der Waals surface area contributed by atoms with Gasteiger partial charge in [-0.15, -0.1) is 0 Å². The molecule has 98 heavy (non-hydrogen) atoms. The SMILES string of the molecule is CC1=C(CCC(=O)O)c2cc3nc(cc4[nH]c(cc5[nH]c(cc1n2)c(C)c5C(C)OC(C)c1c(C)c2cc5nc(cc6nc(cc7[nH]c(cc1[nH]2)c(C)c7CCC(=O)O)C(CCC(=O)O)=C6C)C(C)=C5C(C)O)c(C)c4C(C)O)C(C)=C3CCC(=O)O.CNC(=O)CCC(N)C(=O)O. The Morgan fingerprint density at radius 3 is 1.21 bits per heavy atom. The molecule has 4 aliphatic heterocycles. The summed E-state index contributed by atoms with van der Waals surface area (Å²) in [4.78, 5) is 104. The van der Waals surface area contributed by atoms with Crippen molar-refractivity contribution in [2.45, 2.75) is 178 Å². The molecule has 0 aliphatic carbocycles. The van der Waals surface area contributed by atoms with E-state index in [1.54, 1.807) is 13.8 Å². The third-order valence-corrected chi connectivity index (χ3v) is 19.0. The number of carboxylic acids is 5. The fourth-order valence-corrected chi connectivity index (χ4v) is 13.6. The van der Waals surface area contributed by atoms with E-state index in [4.69, 9.17) is 35.5 Å². The van der Waals surface area contributed by atoms with E-state index in [1.165, 1.54) is 7.05 Å². The van der Waals surface area contributed by atoms with Crippen LogP contribution in [-0.4, -0.2) is 131 Å². The lowest BCUT2D eigenvalue weighted by Gasteiger charge is -2.20. The van der Waals surface area contributed by atoms with Crippen molar-refractivity contribution in [2.24, 2.45) is 5.73 Å². The number of amides is 1. The van der Waals surface area contributed by atoms with Gasteiger partial charge >= 0.3 is 29.8 Å². The zero-order valence-electron chi connectivity index (χ0n) is 57.4. The standard InChI is InChI=1S/C68H74N8O11.C6H12N2O3/c1-29-41(13-17-61(79)80)53-28-56-44(16-20-64(85)86)32(4)48(72-56)24-59-68(36(8)52(76-59)25-58-65(37(9)77)33(5)49(73-58)21-45(29)69-53)40(12)87-39(11)67-35(7)50-22-46-30(2)42(14-18-62(81)82)54(70-46)27-55-43(15-19-63(83)84)31(3)47(71-55)23-57-66(38(10)78)34(6)51(74-57)26-60(67)75-50;1-8-5(9)3-2-4(7)6(10)11/h21-28,37-40,72,74-78H,13-20H2,1-12H3,(H,79,80)(H,81,82)(H,83,84)(H,85,86);4H,2-3,7H2,1H3,(H,8,9)(H,10,11). The first-order valence-corrected chi connectivity index (χ1v) is 32.7. The first-order chi connectivity index (χ1) is 46.3. The summed E-state index contributed by atoms with van der Waals surface area (Å²) in [6.07, 6.45) is -2.39. The van der Waals surface area contributed by atoms with Crippen molar-refractivity contribution < 1.29 is 69.2 Å². The quantitative estimate of drug-likeness (QED) is 0.0300. The molecule has 0 spiro atoms. The number of allylic oxidation sites excluding steroid dienone is 7. The molecule has 0 aromatic carbocycles. The topological polar surface area (TPSA) is 406 Å². The van der Waals surface area contributed by atoms with Crippen LogP contribution in [0.5, 0.6) is 0 Å². The Labute approximate surface area is 565 Å². The third-order valence-electron chi connectivity index (χ3n) is 19.0. The number of carboxylic acid groups (broad SMARTS) is 5. The van der Waals surface area contributed by atoms with E-state index in [-0.39, 0.29) is 70.1 Å². The summed E-state index contributed by atoms with van der Waals surface area (Å²) in [5, 5.41) is 72.9. The molecule has 1 amide bonds. The van der Waals surface area contributed by atoms with E-state index in [0.29, 0.717) is 95.3 Å². The molecular weight excluding hydrogens is 1250 g/mol. The van der Waals surface area contributed by atoms with Crippen LogP contribution in [0.1, 0.15) is 222 Å². The molecule has 0 fully saturated rings. The van der Waals surface area contributed by atoms with Crippen molar-refractivity contribution in [2.75, 3.05) is 7.05 Å². The minimum absolute atomic E-state index is 0.129. The lowest BCUT2D eigenvalue weighted by atomic mass is 9.98. The molecule has 5 atom stereocenters. The number of nitrogens with zero attached hydrogens (tertiary/aromatic N) is 4. The third kappa shape index (κ3) is 15.3. The Hall–Kier alpha value is -10.1. The number of rotatable bonds is 22. The number of aliphatic hydroxyl groups is 2. The summed E-state index contributed by atoms with van der Waals surface area (Å²) in [7, 11) is 1.49. The second-order valence-corrected chi connectivity index (χ2v) is 25.6. The lowest BCUT2D eigenvalue weighted by molar-refractivity contribution is -0.139. The summed E-state index contributed by atoms with van der Waals surface area (Å²) in [6, 6.07) is 14.4. The second-order valence-electron chi connectivity index (χ2n) is 25.6. The molecule has 0 radical (unpaired) electrons. The highest BCUT2D eigenvalue weighted by Crippen LogP contribution is 2.43. The molecule has 4 aliphatic rings. The van der Waals surface area contributed by atoms with Gasteiger partial charge in [0.1, 0.15) is 6.04 Å². The van der Waals surface area contributed by atoms with Crippen LogP contribution >= 0.6 is 0 Å². The number of aromatic amines is 4. The first-order valence-electron chi connectivity index (χ1n) is 32.7. The van der Waals surface area contributed by atoms with Gasteiger partial charge in [0, 0.05) is 106 Å². The van der Waals surface area contributed by atoms with Gasteiger partial charge in [0.25, 0.3) is 0 Å². The van der Waals surface area contributed by atoms with Gasteiger partial charge in [0.05, 0.1) is 70.0 Å². The smallest absolute Gasteiger partial charge is 0.320 e. The van der Waals surface area contributed by atoms with Gasteiger partial charge in [-0.05, 0) is 231 Å². The molecule has 6 aromatic heterocycles. The first kappa shape index (κ1) is 72.1. The molecule has 6 aromatic rings. The monoisotopic (exact) mass is 1340 g/mol. The van der Waals surface area contributed by atoms with Gasteiger partial charge in [0.2, 0.25) is 5.91 Å². The summed E-state index contributed by atoms with van der Waals surface area (Å²) in [5.41, 5.74) is 27.6. The normalized spacial score (nSPS) is 14.7. The zero-order valence-corrected chi connectivity index (χ0v) is 57.4. The van der Waals surface area contributed by atoms with Crippen molar-refractivity contribution in [3.8, 4) is 0 Å². The summed E-state index contributed by atoms with van der Waals surface area (Å²) in [5.74, 6) is -5.09. The Bertz CT molecular complexity index is 4780. The number of nitrogens with two attached hydrogens (primary N) is 1. The number of aliphatic carboxylic acids is 5. The van der Waals surface area contributed by atoms with Crippen LogP contribution in [0, 0.1) is 27.7 Å². The zero-order chi connectivity index (χ0) is 71.6. The minimum Gasteiger partial charge on any atom is -0.481 e. The average molecular weight is 1340 g/mol. The van der Waals surface area contributed by atoms with Gasteiger partial charge in [-0.3, -0.25) is 28.8 Å². The van der Waals surface area contributed by atoms with Crippen LogP contribution in [-0.2, 0) is 39.9 Å². The van der Waals surface area contributed by atoms with Crippen molar-refractivity contribution in [1.82, 2.24) is 45.2 Å². The number of aryl methyl sites for hydroxylation is 5. The Balaban J connectivity index is 0.000000937. The van der Waals surface area contributed by atoms with Crippen molar-refractivity contribution in [1.29, 1.82) is 0 Å². The van der Waals surface area contributed by atoms with Crippen molar-refractivity contribution >= 4 is 124 Å². The minimum atomic E-state index is -1.08. The Morgan fingerprint density at radius 2 is 0.776 bits per heavy atom. The van der Waals surface area contributed by atoms with Crippen molar-refractivity contribution in [3.05, 3.63) is 139 Å². The summed E-state index contributed by atoms with van der Waals surface area (Å²) in [6.45, 7) is 23.0. The van der Waals surface area contributed by atoms with Gasteiger partial charge in [-0.2, -0.15) is 0 Å². The number of hydrogen-bond acceptors (Lipinski definition) is 14. The molecule has 5 unspecified atom stereocenters. The summed E-state index contributed by atoms with van der Waals surface area (Å²) >= 11 is 0. The molecule has 16 bridgehead atoms. The van der Waals surface area contributed by atoms with E-state index in [2.05, 4.69) is 25.3 Å². The van der Waals surface area contributed by atoms with E-state index in [9.17, 15) is 59.4 Å². The van der Waals surface area contributed by atoms with Crippen LogP contribution in [0.2, 0.25) is 0 Å². The van der Waals surface area contributed by atoms with Gasteiger partial charge in [0.15, 0.2) is 0 Å². The number of fused-ring (bicyclic) bond motifs is 16. The van der Waals surface area contributed by atoms with E-state index < -0.39 is 60.3 Å². The van der Waals surface area contributed by atoms with E-state index in [0.717, 1.165) is 83.5 Å². The highest BCUT2D eigenvalue weighted by Gasteiger charge is 2.29. The predicted molar refractivity (Wildman–Crippen MR) is 377 cm³/mol. The van der Waals surface area contributed by atoms with Crippen LogP contribution in [0.4, 0.5) is 0 Å². The fourth-order valence-electron chi connectivity index (χ4n) is 13.6. The highest BCUT2D eigenvalue weighted by molar-refractivity contribution is 5.99. The van der Waals surface area contributed by atoms with E-state index in [1.807, 2.05) is 118 Å². The highest BCUT2D eigenvalue weighted by atomic mass is 16.5. The van der Waals surface area contributed by atoms with Crippen molar-refractivity contribution in [3.63, 3.8) is 0 Å². The molecule has 10 rings (SSSR count).